The van der Waals surface area contributed by atoms with Gasteiger partial charge in [0.2, 0.25) is 0 Å². The Hall–Kier alpha value is -0.311. The predicted octanol–water partition coefficient (Wildman–Crippen LogP) is 1.58. The van der Waals surface area contributed by atoms with Gasteiger partial charge >= 0.3 is 96.9 Å². The predicted molar refractivity (Wildman–Crippen MR) is 62.7 cm³/mol. The van der Waals surface area contributed by atoms with Crippen molar-refractivity contribution in [2.75, 3.05) is 25.1 Å². The number of nitrogens with zero attached hydrogens (tertiary/aromatic N) is 2. The van der Waals surface area contributed by atoms with Crippen molar-refractivity contribution in [2.24, 2.45) is 0 Å². The zero-order chi connectivity index (χ0) is 10.7. The second kappa shape index (κ2) is 5.15. The van der Waals surface area contributed by atoms with Gasteiger partial charge in [0.15, 0.2) is 0 Å². The Labute approximate surface area is 97.2 Å². The molecule has 2 heterocycles. The SMILES string of the molecule is COCc1[se]c(N2CCCCC2)nc1C. The molecule has 1 aromatic rings. The van der Waals surface area contributed by atoms with Crippen LogP contribution in [-0.4, -0.2) is 39.7 Å². The molecular weight excluding hydrogens is 255 g/mol. The first-order valence-corrected chi connectivity index (χ1v) is 7.23. The van der Waals surface area contributed by atoms with Crippen molar-refractivity contribution in [3.05, 3.63) is 10.1 Å². The summed E-state index contributed by atoms with van der Waals surface area (Å²) in [6.07, 6.45) is 4.04. The Morgan fingerprint density at radius 2 is 2.07 bits per heavy atom. The standard InChI is InChI=1S/C11H18N2OSe/c1-9-10(8-14-2)15-11(12-9)13-6-4-3-5-7-13/h3-8H2,1-2H3. The van der Waals surface area contributed by atoms with Crippen LogP contribution in [0.3, 0.4) is 0 Å². The summed E-state index contributed by atoms with van der Waals surface area (Å²) < 4.78 is 7.93. The summed E-state index contributed by atoms with van der Waals surface area (Å²) in [4.78, 5) is 7.15. The molecule has 2 rings (SSSR count). The normalized spacial score (nSPS) is 17.1. The van der Waals surface area contributed by atoms with Gasteiger partial charge in [-0.05, 0) is 0 Å². The van der Waals surface area contributed by atoms with Crippen molar-refractivity contribution in [3.8, 4) is 0 Å². The average Bonchev–Trinajstić information content (AvgIpc) is 2.63. The van der Waals surface area contributed by atoms with Gasteiger partial charge in [0, 0.05) is 0 Å². The number of anilines is 1. The molecule has 0 aliphatic carbocycles. The second-order valence-corrected chi connectivity index (χ2v) is 6.21. The van der Waals surface area contributed by atoms with Crippen LogP contribution in [0.5, 0.6) is 0 Å². The van der Waals surface area contributed by atoms with Crippen LogP contribution in [0.4, 0.5) is 4.69 Å². The summed E-state index contributed by atoms with van der Waals surface area (Å²) in [6, 6.07) is 0. The Kier molecular flexibility index (Phi) is 3.84. The molecule has 1 fully saturated rings. The van der Waals surface area contributed by atoms with Gasteiger partial charge in [0.05, 0.1) is 0 Å². The first-order valence-electron chi connectivity index (χ1n) is 5.51. The molecule has 4 heteroatoms. The molecule has 0 aromatic carbocycles. The van der Waals surface area contributed by atoms with Crippen LogP contribution in [0.1, 0.15) is 29.4 Å². The molecule has 84 valence electrons. The molecule has 0 N–H and O–H groups in total. The summed E-state index contributed by atoms with van der Waals surface area (Å²) in [7, 11) is 1.76. The van der Waals surface area contributed by atoms with E-state index in [0.29, 0.717) is 14.5 Å². The number of aryl methyl sites for hydroxylation is 1. The fourth-order valence-corrected chi connectivity index (χ4v) is 4.17. The summed E-state index contributed by atoms with van der Waals surface area (Å²) in [5.74, 6) is 0. The van der Waals surface area contributed by atoms with E-state index in [2.05, 4.69) is 16.8 Å². The van der Waals surface area contributed by atoms with E-state index >= 15 is 0 Å². The van der Waals surface area contributed by atoms with Crippen LogP contribution < -0.4 is 4.90 Å². The van der Waals surface area contributed by atoms with E-state index in [1.54, 1.807) is 7.11 Å². The van der Waals surface area contributed by atoms with E-state index in [1.165, 1.54) is 47.2 Å². The minimum absolute atomic E-state index is 0.414. The molecule has 0 radical (unpaired) electrons. The van der Waals surface area contributed by atoms with Crippen molar-refractivity contribution < 1.29 is 4.74 Å². The molecular formula is C11H18N2OSe. The number of methoxy groups -OCH3 is 1. The number of aromatic nitrogens is 1. The zero-order valence-electron chi connectivity index (χ0n) is 9.45. The van der Waals surface area contributed by atoms with Crippen LogP contribution in [0, 0.1) is 6.92 Å². The van der Waals surface area contributed by atoms with Gasteiger partial charge in [-0.3, -0.25) is 0 Å². The Balaban J connectivity index is 2.10. The Morgan fingerprint density at radius 1 is 1.33 bits per heavy atom. The minimum atomic E-state index is 0.414. The van der Waals surface area contributed by atoms with Crippen molar-refractivity contribution in [2.45, 2.75) is 32.8 Å². The Bertz CT molecular complexity index is 318. The van der Waals surface area contributed by atoms with Gasteiger partial charge in [-0.1, -0.05) is 0 Å². The van der Waals surface area contributed by atoms with Gasteiger partial charge in [-0.25, -0.2) is 0 Å². The average molecular weight is 273 g/mol. The molecule has 1 aliphatic rings. The first kappa shape index (κ1) is 11.2. The Morgan fingerprint density at radius 3 is 2.73 bits per heavy atom. The number of rotatable bonds is 3. The first-order chi connectivity index (χ1) is 7.31. The third-order valence-corrected chi connectivity index (χ3v) is 5.28. The molecule has 0 unspecified atom stereocenters. The van der Waals surface area contributed by atoms with Gasteiger partial charge in [0.1, 0.15) is 0 Å². The number of ether oxygens (including phenoxy) is 1. The van der Waals surface area contributed by atoms with Crippen molar-refractivity contribution in [1.29, 1.82) is 0 Å². The summed E-state index contributed by atoms with van der Waals surface area (Å²) in [5, 5.41) is 0. The fraction of sp³-hybridized carbons (Fsp3) is 0.727. The molecule has 1 saturated heterocycles. The number of hydrogen-bond donors (Lipinski definition) is 0. The van der Waals surface area contributed by atoms with E-state index in [1.807, 2.05) is 0 Å². The maximum atomic E-state index is 5.20. The molecule has 0 atom stereocenters. The maximum absolute atomic E-state index is 5.20. The zero-order valence-corrected chi connectivity index (χ0v) is 11.2. The van der Waals surface area contributed by atoms with Crippen LogP contribution in [0.2, 0.25) is 0 Å². The van der Waals surface area contributed by atoms with Gasteiger partial charge in [-0.15, -0.1) is 0 Å². The molecule has 1 aliphatic heterocycles. The van der Waals surface area contributed by atoms with Gasteiger partial charge in [-0.2, -0.15) is 0 Å². The third kappa shape index (κ3) is 2.63. The molecule has 0 spiro atoms. The molecule has 0 bridgehead atoms. The summed E-state index contributed by atoms with van der Waals surface area (Å²) >= 11 is 0.414. The van der Waals surface area contributed by atoms with Crippen LogP contribution in [0.25, 0.3) is 0 Å². The topological polar surface area (TPSA) is 25.4 Å². The fourth-order valence-electron chi connectivity index (χ4n) is 1.90. The van der Waals surface area contributed by atoms with Gasteiger partial charge in [0.25, 0.3) is 0 Å². The van der Waals surface area contributed by atoms with Crippen LogP contribution >= 0.6 is 0 Å². The molecule has 0 saturated carbocycles. The second-order valence-electron chi connectivity index (χ2n) is 3.99. The third-order valence-electron chi connectivity index (χ3n) is 2.78. The quantitative estimate of drug-likeness (QED) is 0.782. The number of piperidine rings is 1. The van der Waals surface area contributed by atoms with E-state index in [-0.39, 0.29) is 0 Å². The van der Waals surface area contributed by atoms with Crippen LogP contribution in [-0.2, 0) is 11.3 Å². The van der Waals surface area contributed by atoms with Crippen molar-refractivity contribution in [1.82, 2.24) is 4.98 Å². The van der Waals surface area contributed by atoms with E-state index in [0.717, 1.165) is 6.61 Å². The molecule has 3 nitrogen and oxygen atoms in total. The molecule has 1 aromatic heterocycles. The van der Waals surface area contributed by atoms with E-state index < -0.39 is 0 Å². The van der Waals surface area contributed by atoms with Crippen molar-refractivity contribution >= 4 is 19.2 Å². The summed E-state index contributed by atoms with van der Waals surface area (Å²) in [6.45, 7) is 5.27. The van der Waals surface area contributed by atoms with Crippen molar-refractivity contribution in [3.63, 3.8) is 0 Å². The van der Waals surface area contributed by atoms with E-state index in [9.17, 15) is 0 Å². The monoisotopic (exact) mass is 274 g/mol. The summed E-state index contributed by atoms with van der Waals surface area (Å²) in [5.41, 5.74) is 1.19. The molecule has 0 amide bonds. The molecule has 15 heavy (non-hydrogen) atoms. The van der Waals surface area contributed by atoms with Gasteiger partial charge < -0.3 is 0 Å². The van der Waals surface area contributed by atoms with E-state index in [4.69, 9.17) is 4.74 Å². The van der Waals surface area contributed by atoms with Crippen LogP contribution in [0.15, 0.2) is 0 Å². The number of hydrogen-bond acceptors (Lipinski definition) is 3.